The first-order valence-electron chi connectivity index (χ1n) is 11.6. The number of anilines is 1. The van der Waals surface area contributed by atoms with Gasteiger partial charge < -0.3 is 10.6 Å². The van der Waals surface area contributed by atoms with Crippen LogP contribution in [0.2, 0.25) is 5.02 Å². The first-order chi connectivity index (χ1) is 15.8. The summed E-state index contributed by atoms with van der Waals surface area (Å²) in [7, 11) is -3.32. The molecule has 4 rings (SSSR count). The Bertz CT molecular complexity index is 1070. The minimum atomic E-state index is -3.32. The normalized spacial score (nSPS) is 22.2. The van der Waals surface area contributed by atoms with Crippen molar-refractivity contribution in [3.63, 3.8) is 0 Å². The largest absolute Gasteiger partial charge is 0.334 e. The number of sulfone groups is 1. The second kappa shape index (κ2) is 10.5. The third-order valence-corrected chi connectivity index (χ3v) is 8.23. The fourth-order valence-corrected chi connectivity index (χ4v) is 5.92. The lowest BCUT2D eigenvalue weighted by atomic mass is 9.89. The van der Waals surface area contributed by atoms with E-state index in [4.69, 9.17) is 11.6 Å². The van der Waals surface area contributed by atoms with Gasteiger partial charge in [-0.25, -0.2) is 13.2 Å². The van der Waals surface area contributed by atoms with Crippen LogP contribution < -0.4 is 10.6 Å². The number of urea groups is 1. The molecule has 2 aromatic rings. The van der Waals surface area contributed by atoms with Gasteiger partial charge in [-0.3, -0.25) is 4.90 Å². The van der Waals surface area contributed by atoms with Crippen molar-refractivity contribution in [1.82, 2.24) is 10.2 Å². The number of rotatable bonds is 6. The number of piperidine rings is 1. The Morgan fingerprint density at radius 2 is 1.79 bits per heavy atom. The van der Waals surface area contributed by atoms with Gasteiger partial charge in [0.25, 0.3) is 0 Å². The number of amides is 2. The molecule has 33 heavy (non-hydrogen) atoms. The van der Waals surface area contributed by atoms with E-state index < -0.39 is 9.84 Å². The molecule has 0 unspecified atom stereocenters. The van der Waals surface area contributed by atoms with Crippen LogP contribution in [-0.2, 0) is 16.3 Å². The summed E-state index contributed by atoms with van der Waals surface area (Å²) in [5.41, 5.74) is 1.82. The minimum Gasteiger partial charge on any atom is -0.334 e. The van der Waals surface area contributed by atoms with E-state index in [9.17, 15) is 13.2 Å². The van der Waals surface area contributed by atoms with Gasteiger partial charge in [-0.05, 0) is 93.4 Å². The summed E-state index contributed by atoms with van der Waals surface area (Å²) in [5.74, 6) is 0.681. The maximum Gasteiger partial charge on any atom is 0.319 e. The summed E-state index contributed by atoms with van der Waals surface area (Å²) in [6.45, 7) is 2.11. The number of halogens is 1. The molecule has 1 saturated heterocycles. The monoisotopic (exact) mass is 489 g/mol. The van der Waals surface area contributed by atoms with Crippen LogP contribution in [0.5, 0.6) is 0 Å². The van der Waals surface area contributed by atoms with E-state index in [2.05, 4.69) is 27.7 Å². The van der Waals surface area contributed by atoms with E-state index in [1.165, 1.54) is 17.7 Å². The predicted octanol–water partition coefficient (Wildman–Crippen LogP) is 4.74. The highest BCUT2D eigenvalue weighted by Gasteiger charge is 2.35. The maximum atomic E-state index is 12.6. The molecule has 0 radical (unpaired) electrons. The van der Waals surface area contributed by atoms with Crippen molar-refractivity contribution in [3.05, 3.63) is 59.1 Å². The molecule has 1 heterocycles. The topological polar surface area (TPSA) is 78.5 Å². The lowest BCUT2D eigenvalue weighted by Gasteiger charge is -2.38. The highest BCUT2D eigenvalue weighted by Crippen LogP contribution is 2.30. The number of carbonyl (C=O) groups excluding carboxylic acids is 1. The lowest BCUT2D eigenvalue weighted by Crippen LogP contribution is -2.52. The second-order valence-corrected chi connectivity index (χ2v) is 11.8. The van der Waals surface area contributed by atoms with Crippen molar-refractivity contribution < 1.29 is 13.2 Å². The molecule has 2 N–H and O–H groups in total. The zero-order chi connectivity index (χ0) is 23.4. The minimum absolute atomic E-state index is 0.107. The van der Waals surface area contributed by atoms with Crippen molar-refractivity contribution in [2.45, 2.75) is 55.5 Å². The van der Waals surface area contributed by atoms with Gasteiger partial charge in [0.15, 0.2) is 9.84 Å². The highest BCUT2D eigenvalue weighted by atomic mass is 35.5. The van der Waals surface area contributed by atoms with Crippen molar-refractivity contribution >= 4 is 33.2 Å². The molecule has 2 amide bonds. The van der Waals surface area contributed by atoms with Crippen LogP contribution in [0.4, 0.5) is 10.5 Å². The number of nitrogens with one attached hydrogen (secondary N) is 2. The lowest BCUT2D eigenvalue weighted by molar-refractivity contribution is 0.119. The molecule has 2 aliphatic rings. The molecule has 2 fully saturated rings. The first kappa shape index (κ1) is 24.0. The summed E-state index contributed by atoms with van der Waals surface area (Å²) in [6.07, 6.45) is 7.74. The van der Waals surface area contributed by atoms with Crippen LogP contribution in [0.1, 0.15) is 37.7 Å². The Morgan fingerprint density at radius 1 is 1.06 bits per heavy atom. The molecule has 0 bridgehead atoms. The van der Waals surface area contributed by atoms with E-state index in [0.717, 1.165) is 62.9 Å². The number of hydrogen-bond donors (Lipinski definition) is 2. The Kier molecular flexibility index (Phi) is 7.62. The number of carbonyl (C=O) groups is 1. The average Bonchev–Trinajstić information content (AvgIpc) is 3.23. The van der Waals surface area contributed by atoms with Gasteiger partial charge in [0.1, 0.15) is 0 Å². The molecule has 2 atom stereocenters. The van der Waals surface area contributed by atoms with Gasteiger partial charge in [-0.1, -0.05) is 29.8 Å². The summed E-state index contributed by atoms with van der Waals surface area (Å²) in [6, 6.07) is 14.7. The van der Waals surface area contributed by atoms with Crippen molar-refractivity contribution in [1.29, 1.82) is 0 Å². The standard InChI is InChI=1S/C25H32ClN3O3S/c1-33(31,32)22-5-2-4-21(17-22)27-25(30)28-23-6-3-7-24(23)29-14-12-19(13-15-29)16-18-8-10-20(26)11-9-18/h2,4-5,8-11,17,19,23-24H,3,6-7,12-16H2,1H3,(H2,27,28,30)/t23-,24-/m1/s1. The Labute approximate surface area is 201 Å². The van der Waals surface area contributed by atoms with Gasteiger partial charge in [-0.2, -0.15) is 0 Å². The van der Waals surface area contributed by atoms with Crippen LogP contribution in [0.15, 0.2) is 53.4 Å². The summed E-state index contributed by atoms with van der Waals surface area (Å²) in [4.78, 5) is 15.4. The summed E-state index contributed by atoms with van der Waals surface area (Å²) < 4.78 is 23.5. The van der Waals surface area contributed by atoms with E-state index in [0.29, 0.717) is 17.6 Å². The fourth-order valence-electron chi connectivity index (χ4n) is 5.13. The Morgan fingerprint density at radius 3 is 2.48 bits per heavy atom. The molecule has 1 saturated carbocycles. The van der Waals surface area contributed by atoms with Crippen LogP contribution >= 0.6 is 11.6 Å². The molecule has 8 heteroatoms. The van der Waals surface area contributed by atoms with Gasteiger partial charge in [-0.15, -0.1) is 0 Å². The summed E-state index contributed by atoms with van der Waals surface area (Å²) >= 11 is 6.00. The number of likely N-dealkylation sites (tertiary alicyclic amines) is 1. The van der Waals surface area contributed by atoms with Crippen LogP contribution in [-0.4, -0.2) is 50.8 Å². The molecular weight excluding hydrogens is 458 g/mol. The number of benzene rings is 2. The number of hydrogen-bond acceptors (Lipinski definition) is 4. The third-order valence-electron chi connectivity index (χ3n) is 6.87. The van der Waals surface area contributed by atoms with Crippen LogP contribution in [0, 0.1) is 5.92 Å². The molecular formula is C25H32ClN3O3S. The second-order valence-electron chi connectivity index (χ2n) is 9.31. The van der Waals surface area contributed by atoms with Gasteiger partial charge in [0.2, 0.25) is 0 Å². The fraction of sp³-hybridized carbons (Fsp3) is 0.480. The zero-order valence-electron chi connectivity index (χ0n) is 19.0. The molecule has 0 spiro atoms. The predicted molar refractivity (Wildman–Crippen MR) is 133 cm³/mol. The summed E-state index contributed by atoms with van der Waals surface area (Å²) in [5, 5.41) is 6.71. The van der Waals surface area contributed by atoms with Crippen molar-refractivity contribution in [3.8, 4) is 0 Å². The Hall–Kier alpha value is -2.09. The molecule has 178 valence electrons. The van der Waals surface area contributed by atoms with Crippen LogP contribution in [0.25, 0.3) is 0 Å². The van der Waals surface area contributed by atoms with Gasteiger partial charge in [0.05, 0.1) is 4.90 Å². The van der Waals surface area contributed by atoms with Crippen LogP contribution in [0.3, 0.4) is 0 Å². The Balaban J connectivity index is 1.28. The first-order valence-corrected chi connectivity index (χ1v) is 13.9. The molecule has 6 nitrogen and oxygen atoms in total. The van der Waals surface area contributed by atoms with Crippen molar-refractivity contribution in [2.75, 3.05) is 24.7 Å². The van der Waals surface area contributed by atoms with E-state index in [1.807, 2.05) is 12.1 Å². The molecule has 1 aliphatic carbocycles. The van der Waals surface area contributed by atoms with E-state index in [-0.39, 0.29) is 17.0 Å². The van der Waals surface area contributed by atoms with Crippen molar-refractivity contribution in [2.24, 2.45) is 5.92 Å². The average molecular weight is 490 g/mol. The quantitative estimate of drug-likeness (QED) is 0.614. The molecule has 2 aromatic carbocycles. The number of nitrogens with zero attached hydrogens (tertiary/aromatic N) is 1. The SMILES string of the molecule is CS(=O)(=O)c1cccc(NC(=O)N[C@@H]2CCC[C@H]2N2CCC(Cc3ccc(Cl)cc3)CC2)c1. The third kappa shape index (κ3) is 6.49. The van der Waals surface area contributed by atoms with Gasteiger partial charge in [0, 0.05) is 29.0 Å². The zero-order valence-corrected chi connectivity index (χ0v) is 20.5. The maximum absolute atomic E-state index is 12.6. The smallest absolute Gasteiger partial charge is 0.319 e. The molecule has 1 aliphatic heterocycles. The highest BCUT2D eigenvalue weighted by molar-refractivity contribution is 7.90. The van der Waals surface area contributed by atoms with E-state index in [1.54, 1.807) is 12.1 Å². The van der Waals surface area contributed by atoms with Gasteiger partial charge >= 0.3 is 6.03 Å². The molecule has 0 aromatic heterocycles. The van der Waals surface area contributed by atoms with E-state index >= 15 is 0 Å².